The van der Waals surface area contributed by atoms with Crippen LogP contribution in [-0.4, -0.2) is 41.5 Å². The summed E-state index contributed by atoms with van der Waals surface area (Å²) in [6.45, 7) is 2.49. The summed E-state index contributed by atoms with van der Waals surface area (Å²) in [6, 6.07) is 16.9. The molecule has 0 bridgehead atoms. The molecule has 5 rings (SSSR count). The maximum absolute atomic E-state index is 14.9. The molecule has 1 atom stereocenters. The highest BCUT2D eigenvalue weighted by Crippen LogP contribution is 2.36. The normalized spacial score (nSPS) is 14.3. The van der Waals surface area contributed by atoms with Crippen molar-refractivity contribution in [3.05, 3.63) is 83.1 Å². The second-order valence-electron chi connectivity index (χ2n) is 9.11. The van der Waals surface area contributed by atoms with Crippen LogP contribution in [0.3, 0.4) is 0 Å². The van der Waals surface area contributed by atoms with Crippen LogP contribution in [0.1, 0.15) is 21.7 Å². The zero-order valence-corrected chi connectivity index (χ0v) is 23.7. The molecule has 4 aromatic rings. The van der Waals surface area contributed by atoms with E-state index >= 15 is 0 Å². The maximum atomic E-state index is 14.9. The van der Waals surface area contributed by atoms with Crippen LogP contribution in [-0.2, 0) is 11.2 Å². The molecule has 0 aliphatic carbocycles. The van der Waals surface area contributed by atoms with Crippen molar-refractivity contribution in [2.45, 2.75) is 12.8 Å². The predicted molar refractivity (Wildman–Crippen MR) is 161 cm³/mol. The molecule has 1 aliphatic rings. The number of thiocarbonyl (C=S) groups is 1. The van der Waals surface area contributed by atoms with E-state index < -0.39 is 5.82 Å². The molecule has 12 heteroatoms. The molecule has 1 aliphatic heterocycles. The number of nitrogens with one attached hydrogen (secondary N) is 4. The number of hydrogen-bond acceptors (Lipinski definition) is 7. The Balaban J connectivity index is 0.00000370. The average molecular weight is 600 g/mol. The Labute approximate surface area is 246 Å². The van der Waals surface area contributed by atoms with E-state index in [1.807, 2.05) is 30.3 Å². The number of halogens is 2. The third-order valence-corrected chi connectivity index (χ3v) is 7.53. The summed E-state index contributed by atoms with van der Waals surface area (Å²) in [5.74, 6) is -0.235. The van der Waals surface area contributed by atoms with Gasteiger partial charge in [-0.1, -0.05) is 30.3 Å². The van der Waals surface area contributed by atoms with Crippen molar-refractivity contribution < 1.29 is 18.7 Å². The first-order valence-electron chi connectivity index (χ1n) is 12.4. The highest BCUT2D eigenvalue weighted by atomic mass is 35.5. The Bertz CT molecular complexity index is 1510. The number of pyridine rings is 1. The first-order valence-corrected chi connectivity index (χ1v) is 13.7. The van der Waals surface area contributed by atoms with Crippen LogP contribution in [0.2, 0.25) is 0 Å². The number of nitrogens with zero attached hydrogens (tertiary/aromatic N) is 1. The van der Waals surface area contributed by atoms with Crippen molar-refractivity contribution in [3.8, 4) is 11.5 Å². The summed E-state index contributed by atoms with van der Waals surface area (Å²) in [6.07, 6.45) is 2.77. The number of aromatic nitrogens is 1. The van der Waals surface area contributed by atoms with Crippen molar-refractivity contribution in [3.63, 3.8) is 0 Å². The number of carbonyl (C=O) groups is 2. The molecule has 3 heterocycles. The van der Waals surface area contributed by atoms with E-state index in [9.17, 15) is 14.0 Å². The molecule has 2 aromatic heterocycles. The van der Waals surface area contributed by atoms with Crippen molar-refractivity contribution in [1.29, 1.82) is 0 Å². The fourth-order valence-electron chi connectivity index (χ4n) is 4.21. The summed E-state index contributed by atoms with van der Waals surface area (Å²) < 4.78 is 21.5. The zero-order chi connectivity index (χ0) is 27.2. The van der Waals surface area contributed by atoms with E-state index in [0.29, 0.717) is 39.0 Å². The Kier molecular flexibility index (Phi) is 9.99. The molecule has 1 unspecified atom stereocenters. The molecule has 8 nitrogen and oxygen atoms in total. The van der Waals surface area contributed by atoms with Crippen molar-refractivity contribution in [2.75, 3.05) is 25.0 Å². The van der Waals surface area contributed by atoms with Gasteiger partial charge in [-0.2, -0.15) is 0 Å². The third-order valence-electron chi connectivity index (χ3n) is 6.18. The fraction of sp³-hybridized carbons (Fsp3) is 0.214. The Morgan fingerprint density at radius 3 is 2.70 bits per heavy atom. The lowest BCUT2D eigenvalue weighted by atomic mass is 10.1. The van der Waals surface area contributed by atoms with Gasteiger partial charge in [0.05, 0.1) is 21.5 Å². The van der Waals surface area contributed by atoms with E-state index in [1.54, 1.807) is 24.4 Å². The summed E-state index contributed by atoms with van der Waals surface area (Å²) in [5, 5.41) is 11.7. The third kappa shape index (κ3) is 7.51. The molecule has 2 amide bonds. The SMILES string of the molecule is Cl.O=C(Cc1ccccc1)NC(=S)Nc1ccc(Oc2ccnc3cc(C(=O)NCC4CCNC4)sc23)c(F)c1. The number of carbonyl (C=O) groups excluding carboxylic acids is 2. The fourth-order valence-corrected chi connectivity index (χ4v) is 5.43. The Morgan fingerprint density at radius 2 is 1.95 bits per heavy atom. The van der Waals surface area contributed by atoms with Crippen LogP contribution in [0.25, 0.3) is 10.2 Å². The standard InChI is InChI=1S/C28H26FN5O3S2.ClH/c29-20-13-19(33-28(38)34-25(35)12-17-4-2-1-3-5-17)6-7-22(20)37-23-9-11-31-21-14-24(39-26(21)23)27(36)32-16-18-8-10-30-15-18;/h1-7,9,11,13-14,18,30H,8,10,12,15-16H2,(H,32,36)(H2,33,34,35,38);1H. The highest BCUT2D eigenvalue weighted by molar-refractivity contribution is 7.80. The van der Waals surface area contributed by atoms with E-state index in [2.05, 4.69) is 26.3 Å². The van der Waals surface area contributed by atoms with E-state index in [0.717, 1.165) is 25.1 Å². The summed E-state index contributed by atoms with van der Waals surface area (Å²) in [5.41, 5.74) is 1.81. The smallest absolute Gasteiger partial charge is 0.261 e. The monoisotopic (exact) mass is 599 g/mol. The molecular formula is C28H27ClFN5O3S2. The van der Waals surface area contributed by atoms with Gasteiger partial charge in [-0.25, -0.2) is 4.39 Å². The quantitative estimate of drug-likeness (QED) is 0.210. The molecule has 1 fully saturated rings. The van der Waals surface area contributed by atoms with Crippen LogP contribution >= 0.6 is 36.0 Å². The van der Waals surface area contributed by atoms with E-state index in [-0.39, 0.29) is 41.5 Å². The van der Waals surface area contributed by atoms with Crippen molar-refractivity contribution in [1.82, 2.24) is 20.9 Å². The second kappa shape index (κ2) is 13.6. The van der Waals surface area contributed by atoms with Gasteiger partial charge in [-0.3, -0.25) is 14.6 Å². The van der Waals surface area contributed by atoms with Crippen LogP contribution < -0.4 is 26.0 Å². The van der Waals surface area contributed by atoms with Crippen molar-refractivity contribution in [2.24, 2.45) is 5.92 Å². The Hall–Kier alpha value is -3.64. The lowest BCUT2D eigenvalue weighted by Crippen LogP contribution is -2.35. The first-order chi connectivity index (χ1) is 18.9. The highest BCUT2D eigenvalue weighted by Gasteiger charge is 2.19. The molecule has 2 aromatic carbocycles. The molecule has 1 saturated heterocycles. The van der Waals surface area contributed by atoms with Gasteiger partial charge in [-0.15, -0.1) is 23.7 Å². The van der Waals surface area contributed by atoms with Crippen LogP contribution in [0.15, 0.2) is 66.9 Å². The maximum Gasteiger partial charge on any atom is 0.261 e. The predicted octanol–water partition coefficient (Wildman–Crippen LogP) is 5.04. The first kappa shape index (κ1) is 29.3. The molecule has 4 N–H and O–H groups in total. The Morgan fingerprint density at radius 1 is 1.12 bits per heavy atom. The number of rotatable bonds is 8. The number of fused-ring (bicyclic) bond motifs is 1. The van der Waals surface area contributed by atoms with Gasteiger partial charge >= 0.3 is 0 Å². The van der Waals surface area contributed by atoms with Gasteiger partial charge < -0.3 is 26.0 Å². The molecule has 0 radical (unpaired) electrons. The molecule has 0 spiro atoms. The lowest BCUT2D eigenvalue weighted by molar-refractivity contribution is -0.119. The van der Waals surface area contributed by atoms with Crippen molar-refractivity contribution >= 4 is 68.8 Å². The van der Waals surface area contributed by atoms with Gasteiger partial charge in [0, 0.05) is 30.6 Å². The minimum absolute atomic E-state index is 0. The minimum atomic E-state index is -0.622. The molecule has 208 valence electrons. The number of anilines is 1. The van der Waals surface area contributed by atoms with E-state index in [1.165, 1.54) is 23.5 Å². The summed E-state index contributed by atoms with van der Waals surface area (Å²) >= 11 is 6.45. The molecule has 0 saturated carbocycles. The largest absolute Gasteiger partial charge is 0.453 e. The average Bonchev–Trinajstić information content (AvgIpc) is 3.60. The van der Waals surface area contributed by atoms with Gasteiger partial charge in [0.1, 0.15) is 5.75 Å². The topological polar surface area (TPSA) is 104 Å². The molecule has 40 heavy (non-hydrogen) atoms. The van der Waals surface area contributed by atoms with E-state index in [4.69, 9.17) is 17.0 Å². The number of hydrogen-bond donors (Lipinski definition) is 4. The van der Waals surface area contributed by atoms with Crippen LogP contribution in [0, 0.1) is 11.7 Å². The second-order valence-corrected chi connectivity index (χ2v) is 10.6. The van der Waals surface area contributed by atoms with Gasteiger partial charge in [0.15, 0.2) is 16.7 Å². The van der Waals surface area contributed by atoms with Gasteiger partial charge in [-0.05, 0) is 61.4 Å². The van der Waals surface area contributed by atoms with Crippen LogP contribution in [0.5, 0.6) is 11.5 Å². The summed E-state index contributed by atoms with van der Waals surface area (Å²) in [4.78, 5) is 29.8. The number of benzene rings is 2. The number of ether oxygens (including phenoxy) is 1. The lowest BCUT2D eigenvalue weighted by Gasteiger charge is -2.12. The van der Waals surface area contributed by atoms with Gasteiger partial charge in [0.2, 0.25) is 5.91 Å². The molecular weight excluding hydrogens is 573 g/mol. The minimum Gasteiger partial charge on any atom is -0.453 e. The van der Waals surface area contributed by atoms with Gasteiger partial charge in [0.25, 0.3) is 5.91 Å². The zero-order valence-electron chi connectivity index (χ0n) is 21.2. The number of amides is 2. The number of thiophene rings is 1. The van der Waals surface area contributed by atoms with Crippen LogP contribution in [0.4, 0.5) is 10.1 Å². The summed E-state index contributed by atoms with van der Waals surface area (Å²) in [7, 11) is 0.